The summed E-state index contributed by atoms with van der Waals surface area (Å²) < 4.78 is 0. The van der Waals surface area contributed by atoms with Gasteiger partial charge in [-0.25, -0.2) is 0 Å². The van der Waals surface area contributed by atoms with Gasteiger partial charge in [0.2, 0.25) is 0 Å². The van der Waals surface area contributed by atoms with Crippen molar-refractivity contribution in [3.05, 3.63) is 54.6 Å². The van der Waals surface area contributed by atoms with E-state index in [1.807, 2.05) is 6.08 Å². The van der Waals surface area contributed by atoms with Crippen LogP contribution >= 0.6 is 0 Å². The molecule has 1 rings (SSSR count). The van der Waals surface area contributed by atoms with Crippen LogP contribution in [-0.2, 0) is 0 Å². The van der Waals surface area contributed by atoms with Gasteiger partial charge < -0.3 is 0 Å². The quantitative estimate of drug-likeness (QED) is 0.510. The molecule has 0 unspecified atom stereocenters. The van der Waals surface area contributed by atoms with Crippen LogP contribution in [0.3, 0.4) is 0 Å². The first-order valence-corrected chi connectivity index (χ1v) is 9.11. The fourth-order valence-corrected chi connectivity index (χ4v) is 3.09. The largest absolute Gasteiger partial charge is 0.0991 e. The van der Waals surface area contributed by atoms with E-state index < -0.39 is 8.07 Å². The molecule has 0 N–H and O–H groups in total. The van der Waals surface area contributed by atoms with Crippen LogP contribution in [0.25, 0.3) is 5.57 Å². The van der Waals surface area contributed by atoms with E-state index >= 15 is 0 Å². The van der Waals surface area contributed by atoms with E-state index in [9.17, 15) is 0 Å². The zero-order valence-electron chi connectivity index (χ0n) is 9.96. The van der Waals surface area contributed by atoms with Crippen LogP contribution in [0, 0.1) is 0 Å². The second-order valence-corrected chi connectivity index (χ2v) is 10.5. The highest BCUT2D eigenvalue weighted by Gasteiger charge is 2.15. The molecule has 0 aliphatic rings. The van der Waals surface area contributed by atoms with Crippen molar-refractivity contribution in [1.82, 2.24) is 0 Å². The molecule has 1 heteroatoms. The first-order valence-electron chi connectivity index (χ1n) is 5.40. The maximum atomic E-state index is 3.80. The summed E-state index contributed by atoms with van der Waals surface area (Å²) in [6.07, 6.45) is 4.04. The molecule has 1 aromatic rings. The molecular weight excluding hydrogens is 196 g/mol. The lowest BCUT2D eigenvalue weighted by molar-refractivity contribution is 1.48. The third-order valence-electron chi connectivity index (χ3n) is 2.18. The molecule has 0 spiro atoms. The molecule has 0 amide bonds. The van der Waals surface area contributed by atoms with Gasteiger partial charge in [-0.05, 0) is 17.2 Å². The summed E-state index contributed by atoms with van der Waals surface area (Å²) in [5.41, 5.74) is 2.75. The molecule has 0 aromatic heterocycles. The van der Waals surface area contributed by atoms with Crippen molar-refractivity contribution < 1.29 is 0 Å². The Morgan fingerprint density at radius 2 is 1.80 bits per heavy atom. The SMILES string of the molecule is C=C/C=C(/C[Si](C)(C)C)c1ccccc1. The molecule has 0 aliphatic heterocycles. The Kier molecular flexibility index (Phi) is 4.10. The Morgan fingerprint density at radius 1 is 1.20 bits per heavy atom. The van der Waals surface area contributed by atoms with Crippen LogP contribution < -0.4 is 0 Å². The van der Waals surface area contributed by atoms with E-state index in [1.165, 1.54) is 17.2 Å². The van der Waals surface area contributed by atoms with Crippen molar-refractivity contribution >= 4 is 13.6 Å². The highest BCUT2D eigenvalue weighted by Crippen LogP contribution is 2.25. The number of hydrogen-bond donors (Lipinski definition) is 0. The summed E-state index contributed by atoms with van der Waals surface area (Å²) in [6, 6.07) is 11.8. The van der Waals surface area contributed by atoms with Gasteiger partial charge in [-0.1, -0.05) is 68.7 Å². The molecule has 80 valence electrons. The third kappa shape index (κ3) is 4.30. The Morgan fingerprint density at radius 3 is 2.27 bits per heavy atom. The number of allylic oxidation sites excluding steroid dienone is 3. The van der Waals surface area contributed by atoms with Gasteiger partial charge in [-0.15, -0.1) is 0 Å². The Balaban J connectivity index is 2.95. The lowest BCUT2D eigenvalue weighted by Crippen LogP contribution is -2.19. The highest BCUT2D eigenvalue weighted by molar-refractivity contribution is 6.77. The van der Waals surface area contributed by atoms with Crippen LogP contribution in [0.15, 0.2) is 49.1 Å². The molecule has 0 bridgehead atoms. The highest BCUT2D eigenvalue weighted by atomic mass is 28.3. The van der Waals surface area contributed by atoms with Crippen LogP contribution in [-0.4, -0.2) is 8.07 Å². The normalized spacial score (nSPS) is 12.6. The van der Waals surface area contributed by atoms with Crippen LogP contribution in [0.2, 0.25) is 25.7 Å². The summed E-state index contributed by atoms with van der Waals surface area (Å²) in [5.74, 6) is 0. The number of benzene rings is 1. The van der Waals surface area contributed by atoms with E-state index in [4.69, 9.17) is 0 Å². The average molecular weight is 216 g/mol. The molecule has 0 radical (unpaired) electrons. The lowest BCUT2D eigenvalue weighted by atomic mass is 10.1. The summed E-state index contributed by atoms with van der Waals surface area (Å²) in [7, 11) is -1.06. The fraction of sp³-hybridized carbons (Fsp3) is 0.286. The first kappa shape index (κ1) is 12.0. The molecule has 0 heterocycles. The molecule has 15 heavy (non-hydrogen) atoms. The fourth-order valence-electron chi connectivity index (χ4n) is 1.62. The molecular formula is C14H20Si. The maximum Gasteiger partial charge on any atom is 0.0487 e. The first-order chi connectivity index (χ1) is 7.03. The minimum atomic E-state index is -1.06. The summed E-state index contributed by atoms with van der Waals surface area (Å²) in [6.45, 7) is 11.0. The topological polar surface area (TPSA) is 0 Å². The van der Waals surface area contributed by atoms with Gasteiger partial charge in [0.25, 0.3) is 0 Å². The van der Waals surface area contributed by atoms with Gasteiger partial charge in [0.1, 0.15) is 0 Å². The lowest BCUT2D eigenvalue weighted by Gasteiger charge is -2.18. The van der Waals surface area contributed by atoms with E-state index in [-0.39, 0.29) is 0 Å². The summed E-state index contributed by atoms with van der Waals surface area (Å²) in [5, 5.41) is 0. The molecule has 0 atom stereocenters. The smallest absolute Gasteiger partial charge is 0.0487 e. The van der Waals surface area contributed by atoms with Crippen LogP contribution in [0.1, 0.15) is 5.56 Å². The Bertz CT molecular complexity index is 341. The van der Waals surface area contributed by atoms with Gasteiger partial charge in [0.15, 0.2) is 0 Å². The third-order valence-corrected chi connectivity index (χ3v) is 3.63. The monoisotopic (exact) mass is 216 g/mol. The van der Waals surface area contributed by atoms with Gasteiger partial charge >= 0.3 is 0 Å². The second kappa shape index (κ2) is 5.13. The predicted octanol–water partition coefficient (Wildman–Crippen LogP) is 4.59. The van der Waals surface area contributed by atoms with Crippen molar-refractivity contribution in [3.8, 4) is 0 Å². The van der Waals surface area contributed by atoms with Crippen molar-refractivity contribution in [2.24, 2.45) is 0 Å². The van der Waals surface area contributed by atoms with Crippen molar-refractivity contribution in [3.63, 3.8) is 0 Å². The molecule has 0 saturated carbocycles. The molecule has 0 nitrogen and oxygen atoms in total. The van der Waals surface area contributed by atoms with E-state index in [1.54, 1.807) is 0 Å². The standard InChI is InChI=1S/C14H20Si/c1-5-9-14(12-15(2,3)4)13-10-7-6-8-11-13/h5-11H,1,12H2,2-4H3/b14-9-. The van der Waals surface area contributed by atoms with Gasteiger partial charge in [-0.2, -0.15) is 0 Å². The molecule has 0 aliphatic carbocycles. The predicted molar refractivity (Wildman–Crippen MR) is 72.8 cm³/mol. The van der Waals surface area contributed by atoms with Crippen molar-refractivity contribution in [1.29, 1.82) is 0 Å². The maximum absolute atomic E-state index is 3.80. The minimum absolute atomic E-state index is 1.06. The van der Waals surface area contributed by atoms with Crippen LogP contribution in [0.5, 0.6) is 0 Å². The molecule has 0 saturated heterocycles. The average Bonchev–Trinajstić information content (AvgIpc) is 2.17. The zero-order chi connectivity index (χ0) is 11.3. The number of hydrogen-bond acceptors (Lipinski definition) is 0. The Labute approximate surface area is 94.4 Å². The molecule has 0 fully saturated rings. The second-order valence-electron chi connectivity index (χ2n) is 5.03. The summed E-state index contributed by atoms with van der Waals surface area (Å²) >= 11 is 0. The van der Waals surface area contributed by atoms with E-state index in [0.29, 0.717) is 0 Å². The minimum Gasteiger partial charge on any atom is -0.0991 e. The van der Waals surface area contributed by atoms with Gasteiger partial charge in [-0.3, -0.25) is 0 Å². The van der Waals surface area contributed by atoms with Gasteiger partial charge in [0.05, 0.1) is 0 Å². The van der Waals surface area contributed by atoms with E-state index in [2.05, 4.69) is 62.6 Å². The van der Waals surface area contributed by atoms with E-state index in [0.717, 1.165) is 0 Å². The van der Waals surface area contributed by atoms with Gasteiger partial charge in [0, 0.05) is 8.07 Å². The molecule has 1 aromatic carbocycles. The van der Waals surface area contributed by atoms with Crippen LogP contribution in [0.4, 0.5) is 0 Å². The van der Waals surface area contributed by atoms with Crippen molar-refractivity contribution in [2.75, 3.05) is 0 Å². The summed E-state index contributed by atoms with van der Waals surface area (Å²) in [4.78, 5) is 0. The zero-order valence-corrected chi connectivity index (χ0v) is 11.0. The number of rotatable bonds is 4. The Hall–Kier alpha value is -1.08. The van der Waals surface area contributed by atoms with Crippen molar-refractivity contribution in [2.45, 2.75) is 25.7 Å².